The monoisotopic (exact) mass is 228 g/mol. The molecule has 3 aromatic rings. The van der Waals surface area contributed by atoms with Crippen LogP contribution in [0.3, 0.4) is 0 Å². The summed E-state index contributed by atoms with van der Waals surface area (Å²) < 4.78 is 7.09. The van der Waals surface area contributed by atoms with Crippen molar-refractivity contribution in [3.63, 3.8) is 0 Å². The lowest BCUT2D eigenvalue weighted by molar-refractivity contribution is 0.533. The largest absolute Gasteiger partial charge is 0.435 e. The van der Waals surface area contributed by atoms with Gasteiger partial charge in [0.25, 0.3) is 5.56 Å². The van der Waals surface area contributed by atoms with Gasteiger partial charge in [0, 0.05) is 18.9 Å². The third kappa shape index (κ3) is 1.30. The molecule has 0 aliphatic heterocycles. The van der Waals surface area contributed by atoms with E-state index in [9.17, 15) is 4.79 Å². The summed E-state index contributed by atoms with van der Waals surface area (Å²) in [5.41, 5.74) is 1.76. The molecule has 4 nitrogen and oxygen atoms in total. The van der Waals surface area contributed by atoms with Crippen LogP contribution in [0.5, 0.6) is 0 Å². The maximum absolute atomic E-state index is 12.1. The number of hydrogen-bond acceptors (Lipinski definition) is 3. The molecule has 0 aliphatic rings. The molecule has 0 aliphatic carbocycles. The second-order valence-corrected chi connectivity index (χ2v) is 4.02. The van der Waals surface area contributed by atoms with E-state index in [1.807, 2.05) is 31.2 Å². The van der Waals surface area contributed by atoms with Crippen molar-refractivity contribution in [2.45, 2.75) is 13.3 Å². The molecule has 0 saturated carbocycles. The molecule has 2 aromatic heterocycles. The lowest BCUT2D eigenvalue weighted by Crippen LogP contribution is -2.16. The van der Waals surface area contributed by atoms with Gasteiger partial charge in [0.1, 0.15) is 5.52 Å². The van der Waals surface area contributed by atoms with Crippen LogP contribution in [0.25, 0.3) is 22.0 Å². The van der Waals surface area contributed by atoms with E-state index in [1.165, 1.54) is 0 Å². The summed E-state index contributed by atoms with van der Waals surface area (Å²) in [6, 6.07) is 7.72. The zero-order chi connectivity index (χ0) is 12.0. The first-order valence-electron chi connectivity index (χ1n) is 5.59. The van der Waals surface area contributed by atoms with Gasteiger partial charge in [-0.2, -0.15) is 0 Å². The molecule has 0 amide bonds. The summed E-state index contributed by atoms with van der Waals surface area (Å²) in [4.78, 5) is 16.5. The van der Waals surface area contributed by atoms with E-state index in [4.69, 9.17) is 4.42 Å². The highest BCUT2D eigenvalue weighted by Crippen LogP contribution is 2.22. The van der Waals surface area contributed by atoms with Crippen LogP contribution in [0.4, 0.5) is 0 Å². The lowest BCUT2D eigenvalue weighted by Gasteiger charge is -2.03. The molecular formula is C13H12N2O2. The molecule has 0 unspecified atom stereocenters. The molecule has 0 atom stereocenters. The van der Waals surface area contributed by atoms with Gasteiger partial charge < -0.3 is 8.98 Å². The summed E-state index contributed by atoms with van der Waals surface area (Å²) in [6.07, 6.45) is 0.687. The Hall–Kier alpha value is -2.10. The number of oxazole rings is 1. The van der Waals surface area contributed by atoms with Crippen molar-refractivity contribution < 1.29 is 4.42 Å². The van der Waals surface area contributed by atoms with Gasteiger partial charge in [0.15, 0.2) is 5.89 Å². The molecule has 0 radical (unpaired) electrons. The maximum Gasteiger partial charge on any atom is 0.296 e. The van der Waals surface area contributed by atoms with Gasteiger partial charge in [-0.3, -0.25) is 4.79 Å². The van der Waals surface area contributed by atoms with E-state index in [-0.39, 0.29) is 5.56 Å². The predicted molar refractivity (Wildman–Crippen MR) is 66.1 cm³/mol. The van der Waals surface area contributed by atoms with Crippen molar-refractivity contribution in [2.75, 3.05) is 0 Å². The van der Waals surface area contributed by atoms with E-state index in [0.717, 1.165) is 10.9 Å². The fourth-order valence-electron chi connectivity index (χ4n) is 2.07. The molecule has 0 spiro atoms. The number of fused-ring (bicyclic) bond motifs is 3. The number of rotatable bonds is 1. The second kappa shape index (κ2) is 3.45. The Kier molecular flexibility index (Phi) is 2.04. The molecular weight excluding hydrogens is 216 g/mol. The highest BCUT2D eigenvalue weighted by Gasteiger charge is 2.14. The zero-order valence-corrected chi connectivity index (χ0v) is 9.73. The Balaban J connectivity index is 2.63. The first-order valence-corrected chi connectivity index (χ1v) is 5.59. The summed E-state index contributed by atoms with van der Waals surface area (Å²) in [5.74, 6) is 0.605. The van der Waals surface area contributed by atoms with E-state index in [1.54, 1.807) is 11.6 Å². The molecule has 4 heteroatoms. The SMILES string of the molecule is CCc1nc2c(o1)c(=O)n(C)c1ccccc21. The Morgan fingerprint density at radius 2 is 2.12 bits per heavy atom. The number of hydrogen-bond donors (Lipinski definition) is 0. The van der Waals surface area contributed by atoms with Crippen LogP contribution < -0.4 is 5.56 Å². The van der Waals surface area contributed by atoms with Gasteiger partial charge >= 0.3 is 0 Å². The number of aryl methyl sites for hydroxylation is 2. The Morgan fingerprint density at radius 3 is 2.88 bits per heavy atom. The van der Waals surface area contributed by atoms with Gasteiger partial charge in [-0.1, -0.05) is 25.1 Å². The van der Waals surface area contributed by atoms with E-state index >= 15 is 0 Å². The van der Waals surface area contributed by atoms with Crippen molar-refractivity contribution >= 4 is 22.0 Å². The van der Waals surface area contributed by atoms with Crippen LogP contribution in [0.15, 0.2) is 33.5 Å². The molecule has 1 aromatic carbocycles. The maximum atomic E-state index is 12.1. The van der Waals surface area contributed by atoms with E-state index < -0.39 is 0 Å². The predicted octanol–water partition coefficient (Wildman–Crippen LogP) is 2.24. The van der Waals surface area contributed by atoms with Crippen molar-refractivity contribution in [3.05, 3.63) is 40.5 Å². The summed E-state index contributed by atoms with van der Waals surface area (Å²) in [7, 11) is 1.75. The highest BCUT2D eigenvalue weighted by atomic mass is 16.4. The fraction of sp³-hybridized carbons (Fsp3) is 0.231. The smallest absolute Gasteiger partial charge is 0.296 e. The van der Waals surface area contributed by atoms with Gasteiger partial charge in [0.2, 0.25) is 5.58 Å². The van der Waals surface area contributed by atoms with Crippen molar-refractivity contribution in [1.82, 2.24) is 9.55 Å². The Morgan fingerprint density at radius 1 is 1.35 bits per heavy atom. The Bertz CT molecular complexity index is 768. The minimum Gasteiger partial charge on any atom is -0.435 e. The van der Waals surface area contributed by atoms with Gasteiger partial charge in [0.05, 0.1) is 5.52 Å². The number of para-hydroxylation sites is 1. The van der Waals surface area contributed by atoms with Gasteiger partial charge in [-0.05, 0) is 6.07 Å². The van der Waals surface area contributed by atoms with Gasteiger partial charge in [-0.25, -0.2) is 4.98 Å². The fourth-order valence-corrected chi connectivity index (χ4v) is 2.07. The van der Waals surface area contributed by atoms with Gasteiger partial charge in [-0.15, -0.1) is 0 Å². The number of pyridine rings is 1. The summed E-state index contributed by atoms with van der Waals surface area (Å²) in [6.45, 7) is 1.96. The second-order valence-electron chi connectivity index (χ2n) is 4.02. The molecule has 0 fully saturated rings. The topological polar surface area (TPSA) is 48.0 Å². The van der Waals surface area contributed by atoms with Crippen LogP contribution in [0.2, 0.25) is 0 Å². The average molecular weight is 228 g/mol. The molecule has 0 bridgehead atoms. The molecule has 0 saturated heterocycles. The summed E-state index contributed by atoms with van der Waals surface area (Å²) >= 11 is 0. The van der Waals surface area contributed by atoms with Crippen LogP contribution in [-0.2, 0) is 13.5 Å². The Labute approximate surface area is 97.5 Å². The minimum absolute atomic E-state index is 0.133. The van der Waals surface area contributed by atoms with Crippen LogP contribution in [0.1, 0.15) is 12.8 Å². The van der Waals surface area contributed by atoms with Crippen molar-refractivity contribution in [3.8, 4) is 0 Å². The number of benzene rings is 1. The van der Waals surface area contributed by atoms with E-state index in [0.29, 0.717) is 23.4 Å². The van der Waals surface area contributed by atoms with E-state index in [2.05, 4.69) is 4.98 Å². The minimum atomic E-state index is -0.133. The first-order chi connectivity index (χ1) is 8.22. The molecule has 86 valence electrons. The quantitative estimate of drug-likeness (QED) is 0.641. The molecule has 0 N–H and O–H groups in total. The standard InChI is InChI=1S/C13H12N2O2/c1-3-10-14-11-8-6-4-5-7-9(8)15(2)13(16)12(11)17-10/h4-7H,3H2,1-2H3. The van der Waals surface area contributed by atoms with Crippen LogP contribution >= 0.6 is 0 Å². The third-order valence-electron chi connectivity index (χ3n) is 2.99. The van der Waals surface area contributed by atoms with Crippen molar-refractivity contribution in [2.24, 2.45) is 7.05 Å². The van der Waals surface area contributed by atoms with Crippen molar-refractivity contribution in [1.29, 1.82) is 0 Å². The summed E-state index contributed by atoms with van der Waals surface area (Å²) in [5, 5.41) is 0.952. The molecule has 3 rings (SSSR count). The number of nitrogens with zero attached hydrogens (tertiary/aromatic N) is 2. The highest BCUT2D eigenvalue weighted by molar-refractivity contribution is 6.01. The third-order valence-corrected chi connectivity index (χ3v) is 2.99. The van der Waals surface area contributed by atoms with Crippen LogP contribution in [-0.4, -0.2) is 9.55 Å². The average Bonchev–Trinajstić information content (AvgIpc) is 2.80. The van der Waals surface area contributed by atoms with Crippen LogP contribution in [0, 0.1) is 0 Å². The molecule has 2 heterocycles. The normalized spacial score (nSPS) is 11.4. The molecule has 17 heavy (non-hydrogen) atoms. The lowest BCUT2D eigenvalue weighted by atomic mass is 10.2. The zero-order valence-electron chi connectivity index (χ0n) is 9.73. The number of aromatic nitrogens is 2. The first kappa shape index (κ1) is 10.1.